The van der Waals surface area contributed by atoms with E-state index in [0.29, 0.717) is 12.0 Å². The summed E-state index contributed by atoms with van der Waals surface area (Å²) in [5.74, 6) is 0.498. The molecule has 3 rings (SSSR count). The van der Waals surface area contributed by atoms with Gasteiger partial charge in [-0.15, -0.1) is 0 Å². The molecule has 1 fully saturated rings. The standard InChI is InChI=1S/C14H20N2O/c15-14-5-6-17-10-13(14)9-16-7-11-3-1-2-4-12(11)8-16/h1-4,13-14H,5-10,15H2. The Balaban J connectivity index is 1.61. The summed E-state index contributed by atoms with van der Waals surface area (Å²) in [6.45, 7) is 4.86. The molecule has 2 heterocycles. The number of hydrogen-bond acceptors (Lipinski definition) is 3. The molecule has 17 heavy (non-hydrogen) atoms. The van der Waals surface area contributed by atoms with Crippen LogP contribution in [0.5, 0.6) is 0 Å². The minimum Gasteiger partial charge on any atom is -0.381 e. The zero-order chi connectivity index (χ0) is 11.7. The summed E-state index contributed by atoms with van der Waals surface area (Å²) in [6.07, 6.45) is 1.01. The summed E-state index contributed by atoms with van der Waals surface area (Å²) in [5.41, 5.74) is 9.10. The molecular weight excluding hydrogens is 212 g/mol. The lowest BCUT2D eigenvalue weighted by Crippen LogP contribution is -2.44. The number of nitrogens with two attached hydrogens (primary N) is 1. The third kappa shape index (κ3) is 2.37. The summed E-state index contributed by atoms with van der Waals surface area (Å²) in [6, 6.07) is 9.02. The molecule has 0 aliphatic carbocycles. The van der Waals surface area contributed by atoms with E-state index < -0.39 is 0 Å². The first kappa shape index (κ1) is 11.2. The van der Waals surface area contributed by atoms with Gasteiger partial charge in [0.15, 0.2) is 0 Å². The van der Waals surface area contributed by atoms with Crippen molar-refractivity contribution in [3.63, 3.8) is 0 Å². The monoisotopic (exact) mass is 232 g/mol. The van der Waals surface area contributed by atoms with E-state index in [9.17, 15) is 0 Å². The van der Waals surface area contributed by atoms with E-state index in [1.165, 1.54) is 11.1 Å². The quantitative estimate of drug-likeness (QED) is 0.837. The summed E-state index contributed by atoms with van der Waals surface area (Å²) in [4.78, 5) is 2.49. The summed E-state index contributed by atoms with van der Waals surface area (Å²) in [7, 11) is 0. The second-order valence-corrected chi connectivity index (χ2v) is 5.23. The summed E-state index contributed by atoms with van der Waals surface area (Å²) < 4.78 is 5.53. The zero-order valence-corrected chi connectivity index (χ0v) is 10.1. The molecule has 3 heteroatoms. The number of benzene rings is 1. The molecule has 0 bridgehead atoms. The molecule has 0 aromatic heterocycles. The summed E-state index contributed by atoms with van der Waals surface area (Å²) >= 11 is 0. The van der Waals surface area contributed by atoms with E-state index in [1.807, 2.05) is 0 Å². The third-order valence-electron chi connectivity index (χ3n) is 3.93. The van der Waals surface area contributed by atoms with Gasteiger partial charge in [-0.2, -0.15) is 0 Å². The van der Waals surface area contributed by atoms with Crippen LogP contribution in [0.15, 0.2) is 24.3 Å². The fraction of sp³-hybridized carbons (Fsp3) is 0.571. The molecule has 2 atom stereocenters. The highest BCUT2D eigenvalue weighted by atomic mass is 16.5. The predicted molar refractivity (Wildman–Crippen MR) is 67.5 cm³/mol. The number of rotatable bonds is 2. The Kier molecular flexibility index (Phi) is 3.14. The van der Waals surface area contributed by atoms with Gasteiger partial charge in [-0.25, -0.2) is 0 Å². The van der Waals surface area contributed by atoms with Gasteiger partial charge in [0.25, 0.3) is 0 Å². The smallest absolute Gasteiger partial charge is 0.0521 e. The molecule has 0 amide bonds. The Morgan fingerprint density at radius 1 is 1.24 bits per heavy atom. The molecule has 2 unspecified atom stereocenters. The molecule has 2 aliphatic rings. The van der Waals surface area contributed by atoms with Gasteiger partial charge in [-0.3, -0.25) is 4.90 Å². The molecule has 1 aromatic carbocycles. The first-order chi connectivity index (χ1) is 8.33. The molecule has 0 saturated carbocycles. The number of ether oxygens (including phenoxy) is 1. The Morgan fingerprint density at radius 3 is 2.59 bits per heavy atom. The van der Waals surface area contributed by atoms with E-state index in [-0.39, 0.29) is 0 Å². The fourth-order valence-electron chi connectivity index (χ4n) is 2.87. The largest absolute Gasteiger partial charge is 0.381 e. The Bertz CT molecular complexity index is 369. The van der Waals surface area contributed by atoms with Gasteiger partial charge < -0.3 is 10.5 Å². The lowest BCUT2D eigenvalue weighted by molar-refractivity contribution is 0.0255. The zero-order valence-electron chi connectivity index (χ0n) is 10.1. The van der Waals surface area contributed by atoms with Crippen molar-refractivity contribution in [3.8, 4) is 0 Å². The molecule has 1 saturated heterocycles. The minimum atomic E-state index is 0.312. The highest BCUT2D eigenvalue weighted by molar-refractivity contribution is 5.30. The van der Waals surface area contributed by atoms with Gasteiger partial charge in [0.05, 0.1) is 6.61 Å². The summed E-state index contributed by atoms with van der Waals surface area (Å²) in [5, 5.41) is 0. The molecule has 2 N–H and O–H groups in total. The molecule has 0 radical (unpaired) electrons. The van der Waals surface area contributed by atoms with Gasteiger partial charge in [0, 0.05) is 38.2 Å². The average molecular weight is 232 g/mol. The van der Waals surface area contributed by atoms with Crippen LogP contribution in [0.4, 0.5) is 0 Å². The van der Waals surface area contributed by atoms with Crippen molar-refractivity contribution in [1.82, 2.24) is 4.90 Å². The Hall–Kier alpha value is -0.900. The molecule has 92 valence electrons. The van der Waals surface area contributed by atoms with E-state index in [4.69, 9.17) is 10.5 Å². The van der Waals surface area contributed by atoms with Crippen molar-refractivity contribution in [3.05, 3.63) is 35.4 Å². The second-order valence-electron chi connectivity index (χ2n) is 5.23. The van der Waals surface area contributed by atoms with Crippen LogP contribution in [0.1, 0.15) is 17.5 Å². The van der Waals surface area contributed by atoms with Gasteiger partial charge in [-0.05, 0) is 17.5 Å². The first-order valence-corrected chi connectivity index (χ1v) is 6.45. The Morgan fingerprint density at radius 2 is 1.94 bits per heavy atom. The van der Waals surface area contributed by atoms with Gasteiger partial charge >= 0.3 is 0 Å². The maximum atomic E-state index is 6.16. The van der Waals surface area contributed by atoms with E-state index in [0.717, 1.165) is 39.3 Å². The van der Waals surface area contributed by atoms with Crippen molar-refractivity contribution in [2.75, 3.05) is 19.8 Å². The molecule has 1 aromatic rings. The minimum absolute atomic E-state index is 0.312. The predicted octanol–water partition coefficient (Wildman–Crippen LogP) is 1.37. The maximum Gasteiger partial charge on any atom is 0.0521 e. The van der Waals surface area contributed by atoms with Crippen molar-refractivity contribution in [2.24, 2.45) is 11.7 Å². The van der Waals surface area contributed by atoms with Crippen LogP contribution in [0.2, 0.25) is 0 Å². The van der Waals surface area contributed by atoms with Crippen LogP contribution in [0.25, 0.3) is 0 Å². The highest BCUT2D eigenvalue weighted by Gasteiger charge is 2.27. The fourth-order valence-corrected chi connectivity index (χ4v) is 2.87. The van der Waals surface area contributed by atoms with Crippen molar-refractivity contribution < 1.29 is 4.74 Å². The number of hydrogen-bond donors (Lipinski definition) is 1. The van der Waals surface area contributed by atoms with Crippen LogP contribution < -0.4 is 5.73 Å². The lowest BCUT2D eigenvalue weighted by atomic mass is 9.96. The van der Waals surface area contributed by atoms with Gasteiger partial charge in [-0.1, -0.05) is 24.3 Å². The van der Waals surface area contributed by atoms with Gasteiger partial charge in [0.1, 0.15) is 0 Å². The van der Waals surface area contributed by atoms with Crippen LogP contribution >= 0.6 is 0 Å². The van der Waals surface area contributed by atoms with Crippen LogP contribution in [-0.2, 0) is 17.8 Å². The number of fused-ring (bicyclic) bond motifs is 1. The van der Waals surface area contributed by atoms with E-state index in [2.05, 4.69) is 29.2 Å². The van der Waals surface area contributed by atoms with Gasteiger partial charge in [0.2, 0.25) is 0 Å². The lowest BCUT2D eigenvalue weighted by Gasteiger charge is -2.31. The number of nitrogens with zero attached hydrogens (tertiary/aromatic N) is 1. The third-order valence-corrected chi connectivity index (χ3v) is 3.93. The topological polar surface area (TPSA) is 38.5 Å². The average Bonchev–Trinajstić information content (AvgIpc) is 2.74. The molecule has 3 nitrogen and oxygen atoms in total. The SMILES string of the molecule is NC1CCOCC1CN1Cc2ccccc2C1. The van der Waals surface area contributed by atoms with Crippen LogP contribution in [0.3, 0.4) is 0 Å². The van der Waals surface area contributed by atoms with Crippen molar-refractivity contribution >= 4 is 0 Å². The van der Waals surface area contributed by atoms with Crippen molar-refractivity contribution in [1.29, 1.82) is 0 Å². The van der Waals surface area contributed by atoms with Crippen LogP contribution in [0, 0.1) is 5.92 Å². The molecule has 2 aliphatic heterocycles. The molecule has 0 spiro atoms. The second kappa shape index (κ2) is 4.77. The van der Waals surface area contributed by atoms with Crippen LogP contribution in [-0.4, -0.2) is 30.7 Å². The first-order valence-electron chi connectivity index (χ1n) is 6.45. The normalized spacial score (nSPS) is 29.2. The van der Waals surface area contributed by atoms with E-state index in [1.54, 1.807) is 0 Å². The van der Waals surface area contributed by atoms with E-state index >= 15 is 0 Å². The molecular formula is C14H20N2O. The maximum absolute atomic E-state index is 6.16. The van der Waals surface area contributed by atoms with Crippen molar-refractivity contribution in [2.45, 2.75) is 25.6 Å². The Labute approximate surface area is 103 Å². The highest BCUT2D eigenvalue weighted by Crippen LogP contribution is 2.24.